The molecule has 4 saturated carbocycles. The standard InChI is InChI=1S/C44H57ClN6O9S2.C42H54ClN5O10S2/c1-7-27-20-44(27,43(55)48-62(56,57)28-8-9-28)21-34(53)32-19-37(33-22-50(26(6)52)40(25(4)5)42(54)51(32)33)60-36-18-30(41-47-31(23-61-41)24(2)3)46-39-29(36)10-11-35(38(39)45)59-17-14-49-12-15-58-16-13-49;1-9-24-16-42(24,41(52)46-60(53,54)25-10-11-25)17-31(50)29-15-34(30-18-47(23(6)49)38(22(4)5)40(51)48(29)30)58-33-14-27(39-45-28(20-59-39)21(2)3)44-37-26(33)12-13-32(36(37)43)57-19-35(55-7)56-8/h10-11,18,23-25,27-28,32-33,37,40H,7-9,12-17,19-22H2,1-6H3,(H,48,55);12-14,20-22,24-25,29-30,34-35,38H,9-11,15-19H2,1-8H3,(H,46,52)/t27-,32+,33-,37-,40-,44-;24-,29+,30-,34-,38-,42-/m11/s1. The Bertz CT molecular complexity index is 5270. The van der Waals surface area contributed by atoms with Crippen molar-refractivity contribution < 1.29 is 88.3 Å². The number of rotatable bonds is 33. The number of Topliss-reactive ketones (excluding diaryl/α,β-unsaturated/α-hetero) is 2. The molecule has 9 fully saturated rings. The molecule has 12 atom stereocenters. The van der Waals surface area contributed by atoms with Crippen LogP contribution in [0.1, 0.15) is 183 Å². The van der Waals surface area contributed by atoms with E-state index in [9.17, 15) is 55.2 Å². The smallest absolute Gasteiger partial charge is 0.246 e. The SMILES string of the molecule is CC[C@@H]1C[C@]1(CC(=O)[C@@H]1C[C@@H](Oc2cc(-c3nc(C(C)C)cs3)nc3c(Cl)c(OCC(OC)OC)ccc23)[C@H]2CN(C(C)=O)[C@H](C(C)C)C(=O)N21)C(=O)NS(=O)(=O)C1CC1.CC[C@@H]1C[C@]1(CC(=O)[C@@H]1C[C@@H](Oc2cc(-c3nc(C(C)C)cs3)nc3c(Cl)c(OCCN4CCOCC4)ccc23)[C@H]2CN(C(C)=O)[C@H](C(C)C)C(=O)N21)C(=O)NS(=O)(=O)C1CC1. The van der Waals surface area contributed by atoms with E-state index in [1.54, 1.807) is 49.9 Å². The lowest BCUT2D eigenvalue weighted by Crippen LogP contribution is -2.66. The van der Waals surface area contributed by atoms with E-state index in [1.165, 1.54) is 50.7 Å². The van der Waals surface area contributed by atoms with E-state index in [0.29, 0.717) is 149 Å². The number of methoxy groups -OCH3 is 2. The normalized spacial score (nSPS) is 26.0. The largest absolute Gasteiger partial charge is 0.491 e. The van der Waals surface area contributed by atoms with Gasteiger partial charge >= 0.3 is 0 Å². The fourth-order valence-corrected chi connectivity index (χ4v) is 23.4. The molecule has 5 saturated heterocycles. The van der Waals surface area contributed by atoms with Crippen molar-refractivity contribution in [2.45, 2.75) is 237 Å². The van der Waals surface area contributed by atoms with Crippen LogP contribution in [0.15, 0.2) is 47.2 Å². The zero-order valence-corrected chi connectivity index (χ0v) is 76.2. The third-order valence-electron chi connectivity index (χ3n) is 25.7. The predicted molar refractivity (Wildman–Crippen MR) is 460 cm³/mol. The van der Waals surface area contributed by atoms with Gasteiger partial charge in [0.05, 0.1) is 81.1 Å². The Morgan fingerprint density at radius 2 is 1.00 bits per heavy atom. The van der Waals surface area contributed by atoms with Crippen molar-refractivity contribution >= 4 is 135 Å². The lowest BCUT2D eigenvalue weighted by molar-refractivity contribution is -0.159. The molecule has 6 aromatic rings. The van der Waals surface area contributed by atoms with E-state index in [1.807, 2.05) is 72.2 Å². The molecule has 30 nitrogen and oxygen atoms in total. The molecule has 9 aliphatic rings. The zero-order valence-electron chi connectivity index (χ0n) is 71.5. The number of hydrogen-bond donors (Lipinski definition) is 2. The Balaban J connectivity index is 0.000000199. The second-order valence-corrected chi connectivity index (χ2v) is 41.7. The topological polar surface area (TPSA) is 361 Å². The van der Waals surface area contributed by atoms with Crippen molar-refractivity contribution in [3.8, 4) is 44.4 Å². The van der Waals surface area contributed by atoms with Crippen LogP contribution in [-0.2, 0) is 72.6 Å². The summed E-state index contributed by atoms with van der Waals surface area (Å²) in [6.45, 7) is 26.8. The van der Waals surface area contributed by atoms with Crippen molar-refractivity contribution in [3.05, 3.63) is 68.6 Å². The fourth-order valence-electron chi connectivity index (χ4n) is 18.3. The van der Waals surface area contributed by atoms with Crippen LogP contribution in [-0.4, -0.2) is 247 Å². The molecule has 0 spiro atoms. The fraction of sp³-hybridized carbons (Fsp3) is 0.628. The number of carbonyl (C=O) groups is 8. The number of sulfonamides is 2. The number of piperazine rings is 2. The highest BCUT2D eigenvalue weighted by Crippen LogP contribution is 2.60. The van der Waals surface area contributed by atoms with Crippen LogP contribution < -0.4 is 28.4 Å². The number of benzene rings is 2. The van der Waals surface area contributed by atoms with Gasteiger partial charge in [-0.2, -0.15) is 0 Å². The summed E-state index contributed by atoms with van der Waals surface area (Å²) in [5, 5.41) is 5.70. The molecule has 0 radical (unpaired) electrons. The number of amides is 6. The van der Waals surface area contributed by atoms with E-state index in [4.69, 9.17) is 76.3 Å². The number of ketones is 2. The molecular weight excluding hydrogens is 1690 g/mol. The summed E-state index contributed by atoms with van der Waals surface area (Å²) in [7, 11) is -4.69. The number of halogens is 2. The average molecular weight is 1800 g/mol. The maximum absolute atomic E-state index is 14.7. The number of hydrogen-bond acceptors (Lipinski definition) is 26. The summed E-state index contributed by atoms with van der Waals surface area (Å²) < 4.78 is 98.3. The third kappa shape index (κ3) is 18.3. The number of nitrogens with one attached hydrogen (secondary N) is 2. The highest BCUT2D eigenvalue weighted by Gasteiger charge is 2.65. The Kier molecular flexibility index (Phi) is 26.9. The quantitative estimate of drug-likeness (QED) is 0.0361. The van der Waals surface area contributed by atoms with Crippen molar-refractivity contribution in [1.82, 2.24) is 53.9 Å². The molecule has 0 unspecified atom stereocenters. The van der Waals surface area contributed by atoms with E-state index in [-0.39, 0.29) is 121 Å². The van der Waals surface area contributed by atoms with Crippen LogP contribution in [0.25, 0.3) is 43.2 Å². The monoisotopic (exact) mass is 1800 g/mol. The highest BCUT2D eigenvalue weighted by atomic mass is 35.5. The number of morpholine rings is 1. The summed E-state index contributed by atoms with van der Waals surface area (Å²) in [6, 6.07) is 5.61. The average Bonchev–Trinajstić information content (AvgIpc) is 1.57. The number of fused-ring (bicyclic) bond motifs is 4. The van der Waals surface area contributed by atoms with Gasteiger partial charge in [-0.25, -0.2) is 36.8 Å². The second-order valence-electron chi connectivity index (χ2n) is 35.3. The first-order chi connectivity index (χ1) is 58.0. The van der Waals surface area contributed by atoms with Gasteiger partial charge in [-0.3, -0.25) is 52.7 Å². The summed E-state index contributed by atoms with van der Waals surface area (Å²) >= 11 is 17.0. The number of ether oxygens (including phenoxy) is 7. The molecule has 4 aromatic heterocycles. The number of thiazole rings is 2. The molecule has 6 amide bonds. The molecule has 36 heteroatoms. The van der Waals surface area contributed by atoms with Crippen LogP contribution in [0.4, 0.5) is 0 Å². The minimum absolute atomic E-state index is 0.0524. The van der Waals surface area contributed by atoms with E-state index >= 15 is 0 Å². The summed E-state index contributed by atoms with van der Waals surface area (Å²) in [5.41, 5.74) is 1.23. The number of pyridine rings is 2. The Hall–Kier alpha value is -7.80. The molecule has 2 N–H and O–H groups in total. The van der Waals surface area contributed by atoms with Crippen LogP contribution in [0.5, 0.6) is 23.0 Å². The molecule has 4 aliphatic carbocycles. The summed E-state index contributed by atoms with van der Waals surface area (Å²) in [5.74, 6) is -2.25. The Morgan fingerprint density at radius 3 is 1.35 bits per heavy atom. The van der Waals surface area contributed by atoms with E-state index in [2.05, 4.69) is 28.2 Å². The van der Waals surface area contributed by atoms with Gasteiger partial charge < -0.3 is 52.8 Å². The van der Waals surface area contributed by atoms with Gasteiger partial charge in [-0.1, -0.05) is 105 Å². The second kappa shape index (κ2) is 36.3. The number of nitrogens with zero attached hydrogens (tertiary/aromatic N) is 9. The van der Waals surface area contributed by atoms with Crippen molar-refractivity contribution in [2.24, 2.45) is 34.5 Å². The molecule has 9 heterocycles. The highest BCUT2D eigenvalue weighted by molar-refractivity contribution is 7.91. The third-order valence-corrected chi connectivity index (χ3v) is 31.9. The molecular formula is C86H111Cl2N11O19S4. The van der Waals surface area contributed by atoms with Gasteiger partial charge in [0.25, 0.3) is 0 Å². The van der Waals surface area contributed by atoms with E-state index in [0.717, 1.165) is 24.5 Å². The number of aromatic nitrogens is 4. The van der Waals surface area contributed by atoms with Gasteiger partial charge in [0.1, 0.15) is 92.0 Å². The van der Waals surface area contributed by atoms with Crippen LogP contribution >= 0.6 is 45.9 Å². The molecule has 5 aliphatic heterocycles. The summed E-state index contributed by atoms with van der Waals surface area (Å²) in [4.78, 5) is 141. The van der Waals surface area contributed by atoms with Gasteiger partial charge in [-0.15, -0.1) is 22.7 Å². The van der Waals surface area contributed by atoms with Crippen molar-refractivity contribution in [1.29, 1.82) is 0 Å². The van der Waals surface area contributed by atoms with E-state index < -0.39 is 108 Å². The summed E-state index contributed by atoms with van der Waals surface area (Å²) in [6.07, 6.45) is 1.38. The molecule has 15 rings (SSSR count). The zero-order chi connectivity index (χ0) is 87.7. The molecule has 122 heavy (non-hydrogen) atoms. The Morgan fingerprint density at radius 1 is 0.590 bits per heavy atom. The lowest BCUT2D eigenvalue weighted by Gasteiger charge is -2.46. The number of carbonyl (C=O) groups excluding carboxylic acids is 8. The van der Waals surface area contributed by atoms with Crippen LogP contribution in [0.3, 0.4) is 0 Å². The molecule has 2 aromatic carbocycles. The Labute approximate surface area is 730 Å². The van der Waals surface area contributed by atoms with Gasteiger partial charge in [0, 0.05) is 120 Å². The predicted octanol–water partition coefficient (Wildman–Crippen LogP) is 11.2. The first kappa shape index (κ1) is 90.4. The minimum Gasteiger partial charge on any atom is -0.491 e. The van der Waals surface area contributed by atoms with Gasteiger partial charge in [0.2, 0.25) is 55.5 Å². The van der Waals surface area contributed by atoms with Gasteiger partial charge in [0.15, 0.2) is 17.9 Å². The van der Waals surface area contributed by atoms with Crippen LogP contribution in [0.2, 0.25) is 10.0 Å². The van der Waals surface area contributed by atoms with Crippen molar-refractivity contribution in [2.75, 3.05) is 73.4 Å². The maximum atomic E-state index is 14.7. The first-order valence-corrected chi connectivity index (χ1v) is 48.1. The molecule has 662 valence electrons. The minimum atomic E-state index is -3.85. The van der Waals surface area contributed by atoms with Crippen molar-refractivity contribution in [3.63, 3.8) is 0 Å². The first-order valence-electron chi connectivity index (χ1n) is 42.5. The van der Waals surface area contributed by atoms with Crippen LogP contribution in [0, 0.1) is 34.5 Å². The molecule has 0 bridgehead atoms. The maximum Gasteiger partial charge on any atom is 0.246 e. The lowest BCUT2D eigenvalue weighted by atomic mass is 9.90. The van der Waals surface area contributed by atoms with Gasteiger partial charge in [-0.05, 0) is 98.3 Å².